The van der Waals surface area contributed by atoms with E-state index < -0.39 is 5.97 Å². The summed E-state index contributed by atoms with van der Waals surface area (Å²) in [5.74, 6) is 0.373. The van der Waals surface area contributed by atoms with Crippen molar-refractivity contribution in [2.24, 2.45) is 5.16 Å². The Labute approximate surface area is 138 Å². The molecule has 0 spiro atoms. The van der Waals surface area contributed by atoms with Crippen LogP contribution in [0.25, 0.3) is 0 Å². The predicted octanol–water partition coefficient (Wildman–Crippen LogP) is 0.978. The van der Waals surface area contributed by atoms with Gasteiger partial charge in [0.1, 0.15) is 0 Å². The Balaban J connectivity index is 1.41. The van der Waals surface area contributed by atoms with Crippen LogP contribution in [-0.2, 0) is 19.2 Å². The Morgan fingerprint density at radius 1 is 1.25 bits per heavy atom. The molecule has 1 saturated carbocycles. The molecule has 1 aromatic carbocycles. The van der Waals surface area contributed by atoms with E-state index in [0.717, 1.165) is 18.4 Å². The number of ether oxygens (including phenoxy) is 3. The fraction of sp³-hybridized carbons (Fsp3) is 0.438. The SMILES string of the molecule is C/C(=N\OCC(=O)OCC(=O)NC1CC1)c1ccc2c(c1)OCO2. The van der Waals surface area contributed by atoms with Crippen LogP contribution in [0.5, 0.6) is 11.5 Å². The van der Waals surface area contributed by atoms with Gasteiger partial charge < -0.3 is 24.4 Å². The number of carbonyl (C=O) groups excluding carboxylic acids is 2. The average molecular weight is 334 g/mol. The number of benzene rings is 1. The molecule has 1 fully saturated rings. The highest BCUT2D eigenvalue weighted by Gasteiger charge is 2.23. The van der Waals surface area contributed by atoms with E-state index in [2.05, 4.69) is 10.5 Å². The van der Waals surface area contributed by atoms with Gasteiger partial charge in [-0.25, -0.2) is 4.79 Å². The van der Waals surface area contributed by atoms with Crippen LogP contribution in [0, 0.1) is 0 Å². The second-order valence-electron chi connectivity index (χ2n) is 5.52. The summed E-state index contributed by atoms with van der Waals surface area (Å²) in [7, 11) is 0. The molecule has 1 aliphatic heterocycles. The van der Waals surface area contributed by atoms with E-state index in [4.69, 9.17) is 19.0 Å². The van der Waals surface area contributed by atoms with Gasteiger partial charge in [-0.3, -0.25) is 4.79 Å². The molecule has 1 aromatic rings. The first-order valence-corrected chi connectivity index (χ1v) is 7.63. The Morgan fingerprint density at radius 3 is 2.83 bits per heavy atom. The van der Waals surface area contributed by atoms with Gasteiger partial charge in [0, 0.05) is 11.6 Å². The van der Waals surface area contributed by atoms with Crippen molar-refractivity contribution >= 4 is 17.6 Å². The van der Waals surface area contributed by atoms with Crippen molar-refractivity contribution in [1.82, 2.24) is 5.32 Å². The fourth-order valence-electron chi connectivity index (χ4n) is 2.04. The van der Waals surface area contributed by atoms with Gasteiger partial charge in [-0.2, -0.15) is 0 Å². The second-order valence-corrected chi connectivity index (χ2v) is 5.52. The molecule has 0 saturated heterocycles. The number of carbonyl (C=O) groups is 2. The highest BCUT2D eigenvalue weighted by atomic mass is 16.7. The normalized spacial score (nSPS) is 15.8. The first-order chi connectivity index (χ1) is 11.6. The van der Waals surface area contributed by atoms with Crippen LogP contribution in [-0.4, -0.2) is 43.6 Å². The number of oxime groups is 1. The topological polar surface area (TPSA) is 95.5 Å². The highest BCUT2D eigenvalue weighted by molar-refractivity contribution is 5.99. The van der Waals surface area contributed by atoms with Crippen LogP contribution >= 0.6 is 0 Å². The smallest absolute Gasteiger partial charge is 0.347 e. The fourth-order valence-corrected chi connectivity index (χ4v) is 2.04. The molecule has 1 aliphatic carbocycles. The Bertz CT molecular complexity index is 669. The van der Waals surface area contributed by atoms with Gasteiger partial charge in [-0.1, -0.05) is 5.16 Å². The number of nitrogens with zero attached hydrogens (tertiary/aromatic N) is 1. The first kappa shape index (κ1) is 16.1. The lowest BCUT2D eigenvalue weighted by atomic mass is 10.1. The Kier molecular flexibility index (Phi) is 4.83. The molecule has 0 bridgehead atoms. The van der Waals surface area contributed by atoms with Gasteiger partial charge in [0.2, 0.25) is 13.4 Å². The standard InChI is InChI=1S/C16H18N2O6/c1-10(11-2-5-13-14(6-11)23-9-22-13)18-24-8-16(20)21-7-15(19)17-12-3-4-12/h2,5-6,12H,3-4,7-9H2,1H3,(H,17,19)/b18-10+. The number of hydrogen-bond donors (Lipinski definition) is 1. The molecule has 1 heterocycles. The number of hydrogen-bond acceptors (Lipinski definition) is 7. The van der Waals surface area contributed by atoms with Crippen molar-refractivity contribution in [3.8, 4) is 11.5 Å². The summed E-state index contributed by atoms with van der Waals surface area (Å²) in [6.45, 7) is 1.28. The van der Waals surface area contributed by atoms with Crippen molar-refractivity contribution in [1.29, 1.82) is 0 Å². The van der Waals surface area contributed by atoms with Crippen LogP contribution in [0.15, 0.2) is 23.4 Å². The molecule has 1 N–H and O–H groups in total. The summed E-state index contributed by atoms with van der Waals surface area (Å²) in [4.78, 5) is 27.8. The molecule has 0 atom stereocenters. The van der Waals surface area contributed by atoms with E-state index in [0.29, 0.717) is 17.2 Å². The van der Waals surface area contributed by atoms with E-state index in [-0.39, 0.29) is 32.0 Å². The summed E-state index contributed by atoms with van der Waals surface area (Å²) < 4.78 is 15.3. The zero-order chi connectivity index (χ0) is 16.9. The molecule has 2 aliphatic rings. The Morgan fingerprint density at radius 2 is 2.04 bits per heavy atom. The molecule has 0 unspecified atom stereocenters. The van der Waals surface area contributed by atoms with E-state index >= 15 is 0 Å². The summed E-state index contributed by atoms with van der Waals surface area (Å²) in [5.41, 5.74) is 1.36. The number of nitrogens with one attached hydrogen (secondary N) is 1. The number of amides is 1. The summed E-state index contributed by atoms with van der Waals surface area (Å²) >= 11 is 0. The second kappa shape index (κ2) is 7.20. The highest BCUT2D eigenvalue weighted by Crippen LogP contribution is 2.32. The van der Waals surface area contributed by atoms with Crippen molar-refractivity contribution in [3.05, 3.63) is 23.8 Å². The molecular weight excluding hydrogens is 316 g/mol. The molecule has 8 heteroatoms. The lowest BCUT2D eigenvalue weighted by Gasteiger charge is -2.05. The minimum atomic E-state index is -0.650. The molecule has 0 radical (unpaired) electrons. The van der Waals surface area contributed by atoms with Gasteiger partial charge in [0.25, 0.3) is 5.91 Å². The zero-order valence-electron chi connectivity index (χ0n) is 13.2. The lowest BCUT2D eigenvalue weighted by molar-refractivity contribution is -0.152. The number of fused-ring (bicyclic) bond motifs is 1. The zero-order valence-corrected chi connectivity index (χ0v) is 13.2. The summed E-state index contributed by atoms with van der Waals surface area (Å²) in [6, 6.07) is 5.62. The predicted molar refractivity (Wildman–Crippen MR) is 82.9 cm³/mol. The van der Waals surface area contributed by atoms with Crippen LogP contribution in [0.4, 0.5) is 0 Å². The van der Waals surface area contributed by atoms with Crippen LogP contribution in [0.3, 0.4) is 0 Å². The quantitative estimate of drug-likeness (QED) is 0.454. The van der Waals surface area contributed by atoms with Gasteiger partial charge in [0.15, 0.2) is 18.1 Å². The maximum Gasteiger partial charge on any atom is 0.347 e. The molecule has 8 nitrogen and oxygen atoms in total. The molecule has 128 valence electrons. The van der Waals surface area contributed by atoms with E-state index in [9.17, 15) is 9.59 Å². The Hall–Kier alpha value is -2.77. The third-order valence-electron chi connectivity index (χ3n) is 3.48. The number of esters is 1. The summed E-state index contributed by atoms with van der Waals surface area (Å²) in [5, 5.41) is 6.58. The lowest BCUT2D eigenvalue weighted by Crippen LogP contribution is -2.31. The third-order valence-corrected chi connectivity index (χ3v) is 3.48. The third kappa shape index (κ3) is 4.37. The molecule has 24 heavy (non-hydrogen) atoms. The minimum Gasteiger partial charge on any atom is -0.454 e. The summed E-state index contributed by atoms with van der Waals surface area (Å²) in [6.07, 6.45) is 1.97. The molecule has 3 rings (SSSR count). The van der Waals surface area contributed by atoms with Gasteiger partial charge in [-0.05, 0) is 38.0 Å². The van der Waals surface area contributed by atoms with E-state index in [1.165, 1.54) is 0 Å². The largest absolute Gasteiger partial charge is 0.454 e. The number of rotatable bonds is 7. The van der Waals surface area contributed by atoms with Crippen molar-refractivity contribution in [2.45, 2.75) is 25.8 Å². The van der Waals surface area contributed by atoms with Gasteiger partial charge >= 0.3 is 5.97 Å². The van der Waals surface area contributed by atoms with Crippen LogP contribution < -0.4 is 14.8 Å². The van der Waals surface area contributed by atoms with E-state index in [1.807, 2.05) is 6.07 Å². The van der Waals surface area contributed by atoms with Gasteiger partial charge in [-0.15, -0.1) is 0 Å². The monoisotopic (exact) mass is 334 g/mol. The van der Waals surface area contributed by atoms with Gasteiger partial charge in [0.05, 0.1) is 5.71 Å². The van der Waals surface area contributed by atoms with E-state index in [1.54, 1.807) is 19.1 Å². The minimum absolute atomic E-state index is 0.200. The maximum absolute atomic E-state index is 11.5. The van der Waals surface area contributed by atoms with Crippen LogP contribution in [0.2, 0.25) is 0 Å². The van der Waals surface area contributed by atoms with Crippen molar-refractivity contribution in [3.63, 3.8) is 0 Å². The molecule has 0 aromatic heterocycles. The first-order valence-electron chi connectivity index (χ1n) is 7.63. The van der Waals surface area contributed by atoms with Crippen molar-refractivity contribution in [2.75, 3.05) is 20.0 Å². The maximum atomic E-state index is 11.5. The van der Waals surface area contributed by atoms with Crippen molar-refractivity contribution < 1.29 is 28.6 Å². The average Bonchev–Trinajstić information content (AvgIpc) is 3.25. The molecular formula is C16H18N2O6. The van der Waals surface area contributed by atoms with Crippen LogP contribution in [0.1, 0.15) is 25.3 Å². The molecule has 1 amide bonds.